The van der Waals surface area contributed by atoms with E-state index in [0.717, 1.165) is 18.9 Å². The molecular weight excluding hydrogens is 198 g/mol. The molecule has 16 heavy (non-hydrogen) atoms. The predicted molar refractivity (Wildman–Crippen MR) is 69.0 cm³/mol. The van der Waals surface area contributed by atoms with E-state index in [2.05, 4.69) is 51.9 Å². The zero-order chi connectivity index (χ0) is 12.2. The van der Waals surface area contributed by atoms with Crippen LogP contribution in [0, 0.1) is 12.3 Å². The van der Waals surface area contributed by atoms with Gasteiger partial charge in [-0.1, -0.05) is 31.5 Å². The molecule has 0 N–H and O–H groups in total. The van der Waals surface area contributed by atoms with E-state index < -0.39 is 0 Å². The van der Waals surface area contributed by atoms with E-state index in [1.165, 1.54) is 5.56 Å². The average Bonchev–Trinajstić information content (AvgIpc) is 2.15. The number of rotatable bonds is 5. The molecule has 90 valence electrons. The molecule has 0 aliphatic rings. The lowest BCUT2D eigenvalue weighted by Gasteiger charge is -2.28. The van der Waals surface area contributed by atoms with Crippen LogP contribution < -0.4 is 4.74 Å². The van der Waals surface area contributed by atoms with Crippen molar-refractivity contribution in [1.29, 1.82) is 0 Å². The highest BCUT2D eigenvalue weighted by Gasteiger charge is 2.19. The summed E-state index contributed by atoms with van der Waals surface area (Å²) in [4.78, 5) is 2.19. The van der Waals surface area contributed by atoms with Crippen LogP contribution in [0.2, 0.25) is 0 Å². The van der Waals surface area contributed by atoms with Gasteiger partial charge in [0.05, 0.1) is 6.61 Å². The van der Waals surface area contributed by atoms with Gasteiger partial charge in [0, 0.05) is 12.0 Å². The summed E-state index contributed by atoms with van der Waals surface area (Å²) >= 11 is 0. The molecule has 2 nitrogen and oxygen atoms in total. The number of benzene rings is 1. The van der Waals surface area contributed by atoms with Gasteiger partial charge >= 0.3 is 0 Å². The number of hydrogen-bond acceptors (Lipinski definition) is 2. The van der Waals surface area contributed by atoms with E-state index in [4.69, 9.17) is 4.74 Å². The SMILES string of the molecule is Cc1ccc(OCC(C)(C)CN(C)C)cc1. The molecule has 0 atom stereocenters. The molecule has 0 spiro atoms. The normalized spacial score (nSPS) is 11.9. The summed E-state index contributed by atoms with van der Waals surface area (Å²) in [6.07, 6.45) is 0. The summed E-state index contributed by atoms with van der Waals surface area (Å²) in [5.41, 5.74) is 1.44. The van der Waals surface area contributed by atoms with Crippen molar-refractivity contribution in [2.24, 2.45) is 5.41 Å². The summed E-state index contributed by atoms with van der Waals surface area (Å²) in [6, 6.07) is 8.21. The minimum absolute atomic E-state index is 0.175. The molecule has 1 aromatic rings. The van der Waals surface area contributed by atoms with Gasteiger partial charge < -0.3 is 9.64 Å². The van der Waals surface area contributed by atoms with E-state index in [-0.39, 0.29) is 5.41 Å². The quantitative estimate of drug-likeness (QED) is 0.758. The lowest BCUT2D eigenvalue weighted by molar-refractivity contribution is 0.141. The van der Waals surface area contributed by atoms with Crippen molar-refractivity contribution in [2.45, 2.75) is 20.8 Å². The Morgan fingerprint density at radius 1 is 1.12 bits per heavy atom. The standard InChI is InChI=1S/C14H23NO/c1-12-6-8-13(9-7-12)16-11-14(2,3)10-15(4)5/h6-9H,10-11H2,1-5H3. The van der Waals surface area contributed by atoms with Crippen LogP contribution in [0.3, 0.4) is 0 Å². The van der Waals surface area contributed by atoms with Gasteiger partial charge in [0.25, 0.3) is 0 Å². The molecule has 0 aliphatic carbocycles. The fourth-order valence-corrected chi connectivity index (χ4v) is 1.81. The maximum Gasteiger partial charge on any atom is 0.119 e. The van der Waals surface area contributed by atoms with Gasteiger partial charge in [-0.05, 0) is 33.2 Å². The van der Waals surface area contributed by atoms with Crippen LogP contribution in [0.15, 0.2) is 24.3 Å². The highest BCUT2D eigenvalue weighted by Crippen LogP contribution is 2.19. The molecule has 0 fully saturated rings. The summed E-state index contributed by atoms with van der Waals surface area (Å²) in [5.74, 6) is 0.956. The number of ether oxygens (including phenoxy) is 1. The first kappa shape index (κ1) is 13.0. The summed E-state index contributed by atoms with van der Waals surface area (Å²) < 4.78 is 5.80. The van der Waals surface area contributed by atoms with Gasteiger partial charge in [-0.3, -0.25) is 0 Å². The molecule has 0 bridgehead atoms. The van der Waals surface area contributed by atoms with Gasteiger partial charge in [-0.2, -0.15) is 0 Å². The molecule has 0 saturated carbocycles. The van der Waals surface area contributed by atoms with Crippen molar-refractivity contribution in [2.75, 3.05) is 27.2 Å². The van der Waals surface area contributed by atoms with Crippen LogP contribution in [-0.4, -0.2) is 32.1 Å². The number of hydrogen-bond donors (Lipinski definition) is 0. The smallest absolute Gasteiger partial charge is 0.119 e. The van der Waals surface area contributed by atoms with Crippen LogP contribution in [0.25, 0.3) is 0 Å². The largest absolute Gasteiger partial charge is 0.493 e. The zero-order valence-corrected chi connectivity index (χ0v) is 11.1. The molecular formula is C14H23NO. The molecule has 0 heterocycles. The van der Waals surface area contributed by atoms with Crippen LogP contribution >= 0.6 is 0 Å². The number of nitrogens with zero attached hydrogens (tertiary/aromatic N) is 1. The molecule has 2 heteroatoms. The number of aryl methyl sites for hydroxylation is 1. The maximum atomic E-state index is 5.80. The van der Waals surface area contributed by atoms with Crippen molar-refractivity contribution in [3.63, 3.8) is 0 Å². The van der Waals surface area contributed by atoms with Crippen LogP contribution in [0.4, 0.5) is 0 Å². The van der Waals surface area contributed by atoms with Gasteiger partial charge in [0.15, 0.2) is 0 Å². The Labute approximate surface area is 99.2 Å². The summed E-state index contributed by atoms with van der Waals surface area (Å²) in [5, 5.41) is 0. The predicted octanol–water partition coefficient (Wildman–Crippen LogP) is 2.96. The lowest BCUT2D eigenvalue weighted by atomic mass is 9.94. The minimum atomic E-state index is 0.175. The second-order valence-corrected chi connectivity index (χ2v) is 5.50. The highest BCUT2D eigenvalue weighted by atomic mass is 16.5. The molecule has 0 amide bonds. The third-order valence-corrected chi connectivity index (χ3v) is 2.39. The molecule has 1 aromatic carbocycles. The van der Waals surface area contributed by atoms with Crippen LogP contribution in [-0.2, 0) is 0 Å². The first-order valence-electron chi connectivity index (χ1n) is 5.73. The van der Waals surface area contributed by atoms with Crippen molar-refractivity contribution < 1.29 is 4.74 Å². The molecule has 0 aromatic heterocycles. The second-order valence-electron chi connectivity index (χ2n) is 5.50. The van der Waals surface area contributed by atoms with Gasteiger partial charge in [-0.15, -0.1) is 0 Å². The van der Waals surface area contributed by atoms with Crippen molar-refractivity contribution >= 4 is 0 Å². The first-order valence-corrected chi connectivity index (χ1v) is 5.73. The van der Waals surface area contributed by atoms with E-state index in [1.54, 1.807) is 0 Å². The van der Waals surface area contributed by atoms with Gasteiger partial charge in [0.1, 0.15) is 5.75 Å². The Balaban J connectivity index is 2.47. The van der Waals surface area contributed by atoms with E-state index in [1.807, 2.05) is 12.1 Å². The van der Waals surface area contributed by atoms with Crippen molar-refractivity contribution in [1.82, 2.24) is 4.90 Å². The van der Waals surface area contributed by atoms with E-state index in [9.17, 15) is 0 Å². The molecule has 0 saturated heterocycles. The maximum absolute atomic E-state index is 5.80. The Kier molecular flexibility index (Phi) is 4.36. The second kappa shape index (κ2) is 5.35. The molecule has 0 radical (unpaired) electrons. The minimum Gasteiger partial charge on any atom is -0.493 e. The Hall–Kier alpha value is -1.02. The molecule has 1 rings (SSSR count). The average molecular weight is 221 g/mol. The van der Waals surface area contributed by atoms with Gasteiger partial charge in [0.2, 0.25) is 0 Å². The Morgan fingerprint density at radius 2 is 1.69 bits per heavy atom. The summed E-state index contributed by atoms with van der Waals surface area (Å²) in [6.45, 7) is 8.30. The topological polar surface area (TPSA) is 12.5 Å². The zero-order valence-electron chi connectivity index (χ0n) is 11.1. The summed E-state index contributed by atoms with van der Waals surface area (Å²) in [7, 11) is 4.18. The van der Waals surface area contributed by atoms with Crippen molar-refractivity contribution in [3.8, 4) is 5.75 Å². The van der Waals surface area contributed by atoms with Gasteiger partial charge in [-0.25, -0.2) is 0 Å². The Morgan fingerprint density at radius 3 is 2.19 bits per heavy atom. The fraction of sp³-hybridized carbons (Fsp3) is 0.571. The first-order chi connectivity index (χ1) is 7.39. The lowest BCUT2D eigenvalue weighted by Crippen LogP contribution is -2.33. The third-order valence-electron chi connectivity index (χ3n) is 2.39. The molecule has 0 unspecified atom stereocenters. The molecule has 0 aliphatic heterocycles. The van der Waals surface area contributed by atoms with Crippen molar-refractivity contribution in [3.05, 3.63) is 29.8 Å². The van der Waals surface area contributed by atoms with Crippen LogP contribution in [0.1, 0.15) is 19.4 Å². The fourth-order valence-electron chi connectivity index (χ4n) is 1.81. The third kappa shape index (κ3) is 4.67. The van der Waals surface area contributed by atoms with E-state index in [0.29, 0.717) is 0 Å². The Bertz CT molecular complexity index is 314. The van der Waals surface area contributed by atoms with E-state index >= 15 is 0 Å². The highest BCUT2D eigenvalue weighted by molar-refractivity contribution is 5.26. The monoisotopic (exact) mass is 221 g/mol. The van der Waals surface area contributed by atoms with Crippen LogP contribution in [0.5, 0.6) is 5.75 Å².